The van der Waals surface area contributed by atoms with Gasteiger partial charge in [0.1, 0.15) is 0 Å². The highest BCUT2D eigenvalue weighted by molar-refractivity contribution is 5.25. The van der Waals surface area contributed by atoms with Crippen LogP contribution in [0.1, 0.15) is 151 Å². The standard InChI is InChI=1S/C35H62O/c1-7-8-9-10-11-12-24-36-29-20-22-34(5)28(25-29)16-17-30-32-19-18-31(27(4)15-13-14-26(2)3)35(32,6)23-21-33(30)34/h16,26-27,29-33H,7-15,17-25H2,1-6H3/t27?,29-,30?,31+,32?,33?,34-,35+/m0/s1. The molecule has 0 aliphatic heterocycles. The molecule has 1 nitrogen and oxygen atoms in total. The van der Waals surface area contributed by atoms with Gasteiger partial charge in [-0.1, -0.05) is 105 Å². The van der Waals surface area contributed by atoms with Gasteiger partial charge in [-0.3, -0.25) is 0 Å². The first-order chi connectivity index (χ1) is 17.3. The van der Waals surface area contributed by atoms with Crippen LogP contribution in [-0.2, 0) is 4.74 Å². The summed E-state index contributed by atoms with van der Waals surface area (Å²) >= 11 is 0. The van der Waals surface area contributed by atoms with E-state index in [1.807, 2.05) is 0 Å². The molecule has 0 bridgehead atoms. The first-order valence-electron chi connectivity index (χ1n) is 16.6. The number of allylic oxidation sites excluding steroid dienone is 1. The molecule has 0 radical (unpaired) electrons. The van der Waals surface area contributed by atoms with Gasteiger partial charge in [-0.25, -0.2) is 0 Å². The highest BCUT2D eigenvalue weighted by Gasteiger charge is 2.59. The van der Waals surface area contributed by atoms with Gasteiger partial charge in [0, 0.05) is 6.61 Å². The lowest BCUT2D eigenvalue weighted by Gasteiger charge is -2.58. The van der Waals surface area contributed by atoms with E-state index in [9.17, 15) is 0 Å². The molecule has 0 spiro atoms. The number of fused-ring (bicyclic) bond motifs is 5. The number of hydrogen-bond donors (Lipinski definition) is 0. The van der Waals surface area contributed by atoms with Crippen LogP contribution in [0, 0.1) is 46.3 Å². The summed E-state index contributed by atoms with van der Waals surface area (Å²) in [6.07, 6.45) is 27.0. The average molecular weight is 499 g/mol. The predicted molar refractivity (Wildman–Crippen MR) is 156 cm³/mol. The van der Waals surface area contributed by atoms with Crippen LogP contribution in [0.2, 0.25) is 0 Å². The van der Waals surface area contributed by atoms with Crippen molar-refractivity contribution in [3.8, 4) is 0 Å². The Morgan fingerprint density at radius 2 is 1.64 bits per heavy atom. The topological polar surface area (TPSA) is 9.23 Å². The maximum absolute atomic E-state index is 6.45. The van der Waals surface area contributed by atoms with Gasteiger partial charge in [-0.05, 0) is 104 Å². The minimum absolute atomic E-state index is 0.464. The van der Waals surface area contributed by atoms with Crippen molar-refractivity contribution in [1.82, 2.24) is 0 Å². The quantitative estimate of drug-likeness (QED) is 0.181. The van der Waals surface area contributed by atoms with Gasteiger partial charge in [0.2, 0.25) is 0 Å². The van der Waals surface area contributed by atoms with Gasteiger partial charge in [-0.15, -0.1) is 0 Å². The summed E-state index contributed by atoms with van der Waals surface area (Å²) in [6.45, 7) is 16.1. The van der Waals surface area contributed by atoms with Crippen LogP contribution in [0.3, 0.4) is 0 Å². The van der Waals surface area contributed by atoms with E-state index in [-0.39, 0.29) is 0 Å². The molecule has 208 valence electrons. The Kier molecular flexibility index (Phi) is 10.1. The van der Waals surface area contributed by atoms with Crippen LogP contribution in [-0.4, -0.2) is 12.7 Å². The smallest absolute Gasteiger partial charge is 0.0612 e. The first-order valence-corrected chi connectivity index (χ1v) is 16.6. The molecule has 0 aromatic rings. The lowest BCUT2D eigenvalue weighted by atomic mass is 9.47. The van der Waals surface area contributed by atoms with E-state index < -0.39 is 0 Å². The molecule has 0 heterocycles. The van der Waals surface area contributed by atoms with E-state index in [0.29, 0.717) is 16.9 Å². The summed E-state index contributed by atoms with van der Waals surface area (Å²) in [6, 6.07) is 0. The fourth-order valence-corrected chi connectivity index (χ4v) is 9.93. The second-order valence-corrected chi connectivity index (χ2v) is 14.8. The molecule has 4 aliphatic rings. The maximum atomic E-state index is 6.45. The van der Waals surface area contributed by atoms with Crippen LogP contribution in [0.4, 0.5) is 0 Å². The van der Waals surface area contributed by atoms with Gasteiger partial charge < -0.3 is 4.74 Å². The molecule has 8 atom stereocenters. The third-order valence-electron chi connectivity index (χ3n) is 12.1. The van der Waals surface area contributed by atoms with E-state index in [1.54, 1.807) is 5.57 Å². The minimum atomic E-state index is 0.464. The molecule has 3 saturated carbocycles. The zero-order chi connectivity index (χ0) is 25.8. The summed E-state index contributed by atoms with van der Waals surface area (Å²) in [4.78, 5) is 0. The van der Waals surface area contributed by atoms with Gasteiger partial charge in [-0.2, -0.15) is 0 Å². The number of hydrogen-bond acceptors (Lipinski definition) is 1. The minimum Gasteiger partial charge on any atom is -0.378 e. The van der Waals surface area contributed by atoms with Gasteiger partial charge in [0.15, 0.2) is 0 Å². The molecule has 0 aromatic heterocycles. The normalized spacial score (nSPS) is 38.9. The van der Waals surface area contributed by atoms with E-state index in [1.165, 1.54) is 109 Å². The Labute approximate surface area is 226 Å². The Hall–Kier alpha value is -0.300. The molecule has 1 heteroatoms. The maximum Gasteiger partial charge on any atom is 0.0612 e. The molecule has 4 aliphatic carbocycles. The lowest BCUT2D eigenvalue weighted by Crippen LogP contribution is -2.51. The molecule has 36 heavy (non-hydrogen) atoms. The number of ether oxygens (including phenoxy) is 1. The number of unbranched alkanes of at least 4 members (excludes halogenated alkanes) is 5. The van der Waals surface area contributed by atoms with Crippen molar-refractivity contribution in [3.05, 3.63) is 11.6 Å². The first kappa shape index (κ1) is 28.7. The van der Waals surface area contributed by atoms with Gasteiger partial charge in [0.05, 0.1) is 6.10 Å². The Bertz CT molecular complexity index is 707. The molecule has 0 amide bonds. The van der Waals surface area contributed by atoms with E-state index in [4.69, 9.17) is 4.74 Å². The Morgan fingerprint density at radius 1 is 0.861 bits per heavy atom. The van der Waals surface area contributed by atoms with Crippen molar-refractivity contribution >= 4 is 0 Å². The largest absolute Gasteiger partial charge is 0.378 e. The summed E-state index contributed by atoms with van der Waals surface area (Å²) in [5.41, 5.74) is 2.87. The van der Waals surface area contributed by atoms with Crippen molar-refractivity contribution < 1.29 is 4.74 Å². The van der Waals surface area contributed by atoms with Crippen LogP contribution in [0.5, 0.6) is 0 Å². The van der Waals surface area contributed by atoms with Crippen LogP contribution < -0.4 is 0 Å². The highest BCUT2D eigenvalue weighted by atomic mass is 16.5. The fraction of sp³-hybridized carbons (Fsp3) is 0.943. The van der Waals surface area contributed by atoms with Crippen LogP contribution in [0.25, 0.3) is 0 Å². The van der Waals surface area contributed by atoms with E-state index in [0.717, 1.165) is 42.1 Å². The van der Waals surface area contributed by atoms with Crippen molar-refractivity contribution in [2.24, 2.45) is 46.3 Å². The Balaban J connectivity index is 1.31. The Morgan fingerprint density at radius 3 is 2.42 bits per heavy atom. The molecule has 4 unspecified atom stereocenters. The van der Waals surface area contributed by atoms with Crippen molar-refractivity contribution in [2.45, 2.75) is 157 Å². The molecular formula is C35H62O. The van der Waals surface area contributed by atoms with Crippen LogP contribution in [0.15, 0.2) is 11.6 Å². The summed E-state index contributed by atoms with van der Waals surface area (Å²) in [5, 5.41) is 0. The molecule has 0 N–H and O–H groups in total. The van der Waals surface area contributed by atoms with Crippen molar-refractivity contribution in [2.75, 3.05) is 6.61 Å². The SMILES string of the molecule is CCCCCCCCO[C@H]1CC[C@@]2(C)C(=CCC3C2CC[C@@]2(C)C3CC[C@@H]2C(C)CCCC(C)C)C1. The van der Waals surface area contributed by atoms with Gasteiger partial charge in [0.25, 0.3) is 0 Å². The summed E-state index contributed by atoms with van der Waals surface area (Å²) in [5.74, 6) is 5.61. The van der Waals surface area contributed by atoms with Crippen molar-refractivity contribution in [1.29, 1.82) is 0 Å². The molecule has 0 saturated heterocycles. The lowest BCUT2D eigenvalue weighted by molar-refractivity contribution is -0.0641. The third kappa shape index (κ3) is 6.13. The predicted octanol–water partition coefficient (Wildman–Crippen LogP) is 10.8. The second kappa shape index (κ2) is 12.7. The zero-order valence-corrected chi connectivity index (χ0v) is 25.3. The van der Waals surface area contributed by atoms with Gasteiger partial charge >= 0.3 is 0 Å². The molecule has 3 fully saturated rings. The monoisotopic (exact) mass is 498 g/mol. The molecule has 0 aromatic carbocycles. The van der Waals surface area contributed by atoms with E-state index in [2.05, 4.69) is 47.6 Å². The molecular weight excluding hydrogens is 436 g/mol. The summed E-state index contributed by atoms with van der Waals surface area (Å²) < 4.78 is 6.45. The fourth-order valence-electron chi connectivity index (χ4n) is 9.93. The number of rotatable bonds is 13. The zero-order valence-electron chi connectivity index (χ0n) is 25.3. The van der Waals surface area contributed by atoms with Crippen molar-refractivity contribution in [3.63, 3.8) is 0 Å². The van der Waals surface area contributed by atoms with E-state index >= 15 is 0 Å². The van der Waals surface area contributed by atoms with Crippen LogP contribution >= 0.6 is 0 Å². The third-order valence-corrected chi connectivity index (χ3v) is 12.1. The second-order valence-electron chi connectivity index (χ2n) is 14.8. The molecule has 4 rings (SSSR count). The average Bonchev–Trinajstić information content (AvgIpc) is 3.20. The highest BCUT2D eigenvalue weighted by Crippen LogP contribution is 2.67. The summed E-state index contributed by atoms with van der Waals surface area (Å²) in [7, 11) is 0.